The molecule has 0 bridgehead atoms. The van der Waals surface area contributed by atoms with E-state index in [-0.39, 0.29) is 0 Å². The summed E-state index contributed by atoms with van der Waals surface area (Å²) >= 11 is 0. The summed E-state index contributed by atoms with van der Waals surface area (Å²) in [6.07, 6.45) is 2.87. The molecule has 0 aliphatic carbocycles. The van der Waals surface area contributed by atoms with E-state index in [0.29, 0.717) is 6.54 Å². The molecule has 1 rings (SSSR count). The van der Waals surface area contributed by atoms with Crippen molar-refractivity contribution >= 4 is 0 Å². The van der Waals surface area contributed by atoms with E-state index in [1.54, 1.807) is 0 Å². The van der Waals surface area contributed by atoms with Gasteiger partial charge in [-0.05, 0) is 13.3 Å². The lowest BCUT2D eigenvalue weighted by molar-refractivity contribution is 0.687. The van der Waals surface area contributed by atoms with Crippen LogP contribution >= 0.6 is 0 Å². The summed E-state index contributed by atoms with van der Waals surface area (Å²) in [6.45, 7) is 5.75. The quantitative estimate of drug-likeness (QED) is 0.695. The third kappa shape index (κ3) is 1.60. The first-order valence-electron chi connectivity index (χ1n) is 4.00. The van der Waals surface area contributed by atoms with E-state index in [0.717, 1.165) is 13.0 Å². The number of aryl methyl sites for hydroxylation is 1. The molecule has 1 aromatic heterocycles. The molecule has 3 nitrogen and oxygen atoms in total. The maximum absolute atomic E-state index is 5.43. The standard InChI is InChI=1S/C8H15N3/c1-3-8-7(2)11(5-4-9)6-10-8/h6H,3-5,9H2,1-2H3. The van der Waals surface area contributed by atoms with E-state index in [2.05, 4.69) is 23.4 Å². The van der Waals surface area contributed by atoms with Crippen molar-refractivity contribution in [1.29, 1.82) is 0 Å². The fraction of sp³-hybridized carbons (Fsp3) is 0.625. The van der Waals surface area contributed by atoms with Gasteiger partial charge < -0.3 is 10.3 Å². The van der Waals surface area contributed by atoms with Gasteiger partial charge in [0.05, 0.1) is 12.0 Å². The molecule has 0 aliphatic rings. The Morgan fingerprint density at radius 3 is 2.82 bits per heavy atom. The highest BCUT2D eigenvalue weighted by Gasteiger charge is 2.01. The first-order chi connectivity index (χ1) is 5.29. The summed E-state index contributed by atoms with van der Waals surface area (Å²) in [4.78, 5) is 4.26. The molecule has 0 unspecified atom stereocenters. The Hall–Kier alpha value is -0.830. The van der Waals surface area contributed by atoms with Crippen LogP contribution < -0.4 is 5.73 Å². The molecule has 2 N–H and O–H groups in total. The molecule has 0 fully saturated rings. The molecular weight excluding hydrogens is 138 g/mol. The van der Waals surface area contributed by atoms with Gasteiger partial charge in [-0.3, -0.25) is 0 Å². The largest absolute Gasteiger partial charge is 0.333 e. The van der Waals surface area contributed by atoms with Gasteiger partial charge in [0.1, 0.15) is 0 Å². The normalized spacial score (nSPS) is 10.5. The van der Waals surface area contributed by atoms with E-state index in [9.17, 15) is 0 Å². The van der Waals surface area contributed by atoms with E-state index in [1.807, 2.05) is 6.33 Å². The highest BCUT2D eigenvalue weighted by atomic mass is 15.1. The number of hydrogen-bond acceptors (Lipinski definition) is 2. The lowest BCUT2D eigenvalue weighted by atomic mass is 10.3. The Bertz CT molecular complexity index is 227. The third-order valence-electron chi connectivity index (χ3n) is 1.91. The Kier molecular flexibility index (Phi) is 2.65. The van der Waals surface area contributed by atoms with E-state index in [1.165, 1.54) is 11.4 Å². The van der Waals surface area contributed by atoms with Crippen LogP contribution in [0.5, 0.6) is 0 Å². The van der Waals surface area contributed by atoms with E-state index >= 15 is 0 Å². The van der Waals surface area contributed by atoms with Crippen LogP contribution in [0.1, 0.15) is 18.3 Å². The zero-order chi connectivity index (χ0) is 8.27. The predicted octanol–water partition coefficient (Wildman–Crippen LogP) is 0.713. The number of nitrogens with two attached hydrogens (primary N) is 1. The van der Waals surface area contributed by atoms with E-state index < -0.39 is 0 Å². The molecule has 11 heavy (non-hydrogen) atoms. The molecule has 0 amide bonds. The van der Waals surface area contributed by atoms with Gasteiger partial charge in [-0.15, -0.1) is 0 Å². The molecule has 0 saturated carbocycles. The Morgan fingerprint density at radius 2 is 2.36 bits per heavy atom. The average molecular weight is 153 g/mol. The highest BCUT2D eigenvalue weighted by molar-refractivity contribution is 5.10. The van der Waals surface area contributed by atoms with Gasteiger partial charge in [0.2, 0.25) is 0 Å². The Morgan fingerprint density at radius 1 is 1.64 bits per heavy atom. The van der Waals surface area contributed by atoms with Gasteiger partial charge in [0, 0.05) is 18.8 Å². The maximum atomic E-state index is 5.43. The average Bonchev–Trinajstić information content (AvgIpc) is 2.34. The second-order valence-electron chi connectivity index (χ2n) is 2.61. The van der Waals surface area contributed by atoms with Crippen LogP contribution in [0.4, 0.5) is 0 Å². The maximum Gasteiger partial charge on any atom is 0.0951 e. The minimum absolute atomic E-state index is 0.681. The highest BCUT2D eigenvalue weighted by Crippen LogP contribution is 2.05. The lowest BCUT2D eigenvalue weighted by Gasteiger charge is -2.01. The van der Waals surface area contributed by atoms with Gasteiger partial charge in [-0.2, -0.15) is 0 Å². The van der Waals surface area contributed by atoms with Crippen LogP contribution in [0, 0.1) is 6.92 Å². The van der Waals surface area contributed by atoms with Crippen LogP contribution in [0.25, 0.3) is 0 Å². The molecule has 0 saturated heterocycles. The van der Waals surface area contributed by atoms with Crippen LogP contribution in [0.15, 0.2) is 6.33 Å². The van der Waals surface area contributed by atoms with Crippen molar-refractivity contribution in [3.8, 4) is 0 Å². The molecule has 1 aromatic rings. The first-order valence-corrected chi connectivity index (χ1v) is 4.00. The molecule has 0 radical (unpaired) electrons. The molecule has 0 spiro atoms. The number of aromatic nitrogens is 2. The van der Waals surface area contributed by atoms with Crippen LogP contribution in [-0.4, -0.2) is 16.1 Å². The van der Waals surface area contributed by atoms with Crippen molar-refractivity contribution in [3.63, 3.8) is 0 Å². The Labute approximate surface area is 67.2 Å². The van der Waals surface area contributed by atoms with Gasteiger partial charge in [0.15, 0.2) is 0 Å². The van der Waals surface area contributed by atoms with Crippen LogP contribution in [-0.2, 0) is 13.0 Å². The summed E-state index contributed by atoms with van der Waals surface area (Å²) in [5, 5.41) is 0. The van der Waals surface area contributed by atoms with Gasteiger partial charge in [-0.25, -0.2) is 4.98 Å². The summed E-state index contributed by atoms with van der Waals surface area (Å²) in [7, 11) is 0. The zero-order valence-electron chi connectivity index (χ0n) is 7.17. The molecular formula is C8H15N3. The summed E-state index contributed by atoms with van der Waals surface area (Å²) < 4.78 is 2.10. The smallest absolute Gasteiger partial charge is 0.0951 e. The van der Waals surface area contributed by atoms with Crippen molar-refractivity contribution < 1.29 is 0 Å². The van der Waals surface area contributed by atoms with Gasteiger partial charge in [0.25, 0.3) is 0 Å². The van der Waals surface area contributed by atoms with Crippen LogP contribution in [0.2, 0.25) is 0 Å². The van der Waals surface area contributed by atoms with Gasteiger partial charge >= 0.3 is 0 Å². The Balaban J connectivity index is 2.82. The molecule has 1 heterocycles. The minimum Gasteiger partial charge on any atom is -0.333 e. The lowest BCUT2D eigenvalue weighted by Crippen LogP contribution is -2.10. The number of imidazole rings is 1. The zero-order valence-corrected chi connectivity index (χ0v) is 7.17. The van der Waals surface area contributed by atoms with Gasteiger partial charge in [-0.1, -0.05) is 6.92 Å². The minimum atomic E-state index is 0.681. The van der Waals surface area contributed by atoms with Crippen molar-refractivity contribution in [3.05, 3.63) is 17.7 Å². The summed E-state index contributed by atoms with van der Waals surface area (Å²) in [6, 6.07) is 0. The van der Waals surface area contributed by atoms with Crippen molar-refractivity contribution in [2.45, 2.75) is 26.8 Å². The molecule has 0 atom stereocenters. The van der Waals surface area contributed by atoms with E-state index in [4.69, 9.17) is 5.73 Å². The molecule has 0 aliphatic heterocycles. The number of hydrogen-bond donors (Lipinski definition) is 1. The predicted molar refractivity (Wildman–Crippen MR) is 45.4 cm³/mol. The molecule has 62 valence electrons. The van der Waals surface area contributed by atoms with Crippen LogP contribution in [0.3, 0.4) is 0 Å². The third-order valence-corrected chi connectivity index (χ3v) is 1.91. The van der Waals surface area contributed by atoms with Crippen molar-refractivity contribution in [2.24, 2.45) is 5.73 Å². The fourth-order valence-corrected chi connectivity index (χ4v) is 1.20. The number of rotatable bonds is 3. The summed E-state index contributed by atoms with van der Waals surface area (Å²) in [5.41, 5.74) is 7.86. The molecule has 0 aromatic carbocycles. The fourth-order valence-electron chi connectivity index (χ4n) is 1.20. The second kappa shape index (κ2) is 3.53. The van der Waals surface area contributed by atoms with Crippen molar-refractivity contribution in [2.75, 3.05) is 6.54 Å². The topological polar surface area (TPSA) is 43.8 Å². The number of nitrogens with zero attached hydrogens (tertiary/aromatic N) is 2. The SMILES string of the molecule is CCc1ncn(CCN)c1C. The monoisotopic (exact) mass is 153 g/mol. The second-order valence-corrected chi connectivity index (χ2v) is 2.61. The van der Waals surface area contributed by atoms with Crippen molar-refractivity contribution in [1.82, 2.24) is 9.55 Å². The molecule has 3 heteroatoms. The first kappa shape index (κ1) is 8.27. The summed E-state index contributed by atoms with van der Waals surface area (Å²) in [5.74, 6) is 0.